The number of hydrogen-bond donors (Lipinski definition) is 3. The van der Waals surface area contributed by atoms with E-state index >= 15 is 0 Å². The van der Waals surface area contributed by atoms with Crippen molar-refractivity contribution in [2.45, 2.75) is 10.3 Å². The summed E-state index contributed by atoms with van der Waals surface area (Å²) in [5, 5.41) is 0. The number of para-hydroxylation sites is 2. The summed E-state index contributed by atoms with van der Waals surface area (Å²) in [6.45, 7) is 0.00830. The van der Waals surface area contributed by atoms with Crippen LogP contribution >= 0.6 is 27.3 Å². The molecule has 1 atom stereocenters. The molecule has 32 heavy (non-hydrogen) atoms. The highest BCUT2D eigenvalue weighted by Crippen LogP contribution is 2.31. The molecule has 3 aromatic rings. The largest absolute Gasteiger partial charge is 0.485 e. The Bertz CT molecular complexity index is 1260. The SMILES string of the molecule is O=C(NNC(=O)C1COc2ccccc2O1)c1ccc(NS(=O)(=O)c2ccc(Br)s2)cc1. The van der Waals surface area contributed by atoms with E-state index in [1.807, 2.05) is 0 Å². The van der Waals surface area contributed by atoms with E-state index in [0.717, 1.165) is 11.3 Å². The lowest BCUT2D eigenvalue weighted by Crippen LogP contribution is -2.50. The molecular weight excluding hydrogens is 522 g/mol. The second-order valence-electron chi connectivity index (χ2n) is 6.55. The fourth-order valence-corrected chi connectivity index (χ4v) is 5.83. The summed E-state index contributed by atoms with van der Waals surface area (Å²) in [7, 11) is -3.73. The van der Waals surface area contributed by atoms with Gasteiger partial charge in [-0.1, -0.05) is 12.1 Å². The molecule has 2 heterocycles. The summed E-state index contributed by atoms with van der Waals surface area (Å²) >= 11 is 4.31. The van der Waals surface area contributed by atoms with Crippen LogP contribution in [0.4, 0.5) is 5.69 Å². The number of ether oxygens (including phenoxy) is 2. The number of hydrogen-bond acceptors (Lipinski definition) is 7. The molecule has 0 fully saturated rings. The first-order chi connectivity index (χ1) is 15.3. The zero-order chi connectivity index (χ0) is 22.7. The number of carbonyl (C=O) groups excluding carboxylic acids is 2. The average molecular weight is 538 g/mol. The zero-order valence-corrected chi connectivity index (χ0v) is 19.4. The number of carbonyl (C=O) groups is 2. The number of fused-ring (bicyclic) bond motifs is 1. The molecule has 1 aromatic heterocycles. The summed E-state index contributed by atoms with van der Waals surface area (Å²) in [5.41, 5.74) is 5.11. The van der Waals surface area contributed by atoms with Gasteiger partial charge in [-0.2, -0.15) is 0 Å². The van der Waals surface area contributed by atoms with E-state index < -0.39 is 27.9 Å². The number of sulfonamides is 1. The Morgan fingerprint density at radius 3 is 2.38 bits per heavy atom. The monoisotopic (exact) mass is 537 g/mol. The fraction of sp³-hybridized carbons (Fsp3) is 0.100. The third kappa shape index (κ3) is 5.03. The van der Waals surface area contributed by atoms with Crippen molar-refractivity contribution in [1.29, 1.82) is 0 Å². The molecule has 2 aromatic carbocycles. The van der Waals surface area contributed by atoms with Crippen LogP contribution in [0.2, 0.25) is 0 Å². The molecule has 166 valence electrons. The van der Waals surface area contributed by atoms with Crippen molar-refractivity contribution >= 4 is 54.8 Å². The zero-order valence-electron chi connectivity index (χ0n) is 16.2. The number of hydrazine groups is 1. The highest BCUT2D eigenvalue weighted by Gasteiger charge is 2.27. The van der Waals surface area contributed by atoms with Gasteiger partial charge in [-0.15, -0.1) is 11.3 Å². The molecule has 1 aliphatic rings. The lowest BCUT2D eigenvalue weighted by molar-refractivity contribution is -0.131. The number of amides is 2. The van der Waals surface area contributed by atoms with Crippen LogP contribution < -0.4 is 25.0 Å². The average Bonchev–Trinajstić information content (AvgIpc) is 3.24. The van der Waals surface area contributed by atoms with Crippen LogP contribution in [-0.4, -0.2) is 32.9 Å². The molecule has 0 saturated carbocycles. The first kappa shape index (κ1) is 22.1. The Labute approximate surface area is 195 Å². The predicted octanol–water partition coefficient (Wildman–Crippen LogP) is 2.91. The molecule has 1 unspecified atom stereocenters. The molecule has 12 heteroatoms. The van der Waals surface area contributed by atoms with Gasteiger partial charge in [0.2, 0.25) is 6.10 Å². The molecule has 0 saturated heterocycles. The van der Waals surface area contributed by atoms with Gasteiger partial charge in [0.1, 0.15) is 10.8 Å². The minimum atomic E-state index is -3.73. The number of halogens is 1. The highest BCUT2D eigenvalue weighted by atomic mass is 79.9. The lowest BCUT2D eigenvalue weighted by atomic mass is 10.2. The summed E-state index contributed by atoms with van der Waals surface area (Å²) in [4.78, 5) is 24.6. The topological polar surface area (TPSA) is 123 Å². The normalized spacial score (nSPS) is 15.0. The van der Waals surface area contributed by atoms with Gasteiger partial charge in [-0.05, 0) is 64.5 Å². The van der Waals surface area contributed by atoms with E-state index in [0.29, 0.717) is 21.0 Å². The van der Waals surface area contributed by atoms with Gasteiger partial charge in [0.15, 0.2) is 11.5 Å². The fourth-order valence-electron chi connectivity index (χ4n) is 2.76. The predicted molar refractivity (Wildman–Crippen MR) is 121 cm³/mol. The number of rotatable bonds is 5. The number of benzene rings is 2. The van der Waals surface area contributed by atoms with Crippen LogP contribution in [0.3, 0.4) is 0 Å². The van der Waals surface area contributed by atoms with Crippen LogP contribution in [0.5, 0.6) is 11.5 Å². The minimum absolute atomic E-state index is 0.00830. The third-order valence-corrected chi connectivity index (χ3v) is 7.81. The first-order valence-corrected chi connectivity index (χ1v) is 12.3. The summed E-state index contributed by atoms with van der Waals surface area (Å²) in [6.07, 6.45) is -0.917. The van der Waals surface area contributed by atoms with Gasteiger partial charge in [0, 0.05) is 11.3 Å². The van der Waals surface area contributed by atoms with E-state index in [2.05, 4.69) is 31.5 Å². The summed E-state index contributed by atoms with van der Waals surface area (Å²) in [6, 6.07) is 15.9. The lowest BCUT2D eigenvalue weighted by Gasteiger charge is -2.25. The minimum Gasteiger partial charge on any atom is -0.485 e. The van der Waals surface area contributed by atoms with Gasteiger partial charge in [0.05, 0.1) is 3.79 Å². The first-order valence-electron chi connectivity index (χ1n) is 9.19. The molecule has 9 nitrogen and oxygen atoms in total. The second-order valence-corrected chi connectivity index (χ2v) is 10.9. The molecule has 0 bridgehead atoms. The van der Waals surface area contributed by atoms with Gasteiger partial charge in [-0.3, -0.25) is 25.2 Å². The van der Waals surface area contributed by atoms with Gasteiger partial charge >= 0.3 is 0 Å². The van der Waals surface area contributed by atoms with Crippen molar-refractivity contribution in [2.75, 3.05) is 11.3 Å². The molecule has 4 rings (SSSR count). The van der Waals surface area contributed by atoms with E-state index in [1.54, 1.807) is 30.3 Å². The van der Waals surface area contributed by atoms with Crippen molar-refractivity contribution < 1.29 is 27.5 Å². The van der Waals surface area contributed by atoms with Crippen LogP contribution in [0.15, 0.2) is 68.7 Å². The van der Waals surface area contributed by atoms with Crippen molar-refractivity contribution in [3.8, 4) is 11.5 Å². The Balaban J connectivity index is 1.32. The third-order valence-electron chi connectivity index (χ3n) is 4.31. The number of nitrogens with one attached hydrogen (secondary N) is 3. The van der Waals surface area contributed by atoms with E-state index in [9.17, 15) is 18.0 Å². The Hall–Kier alpha value is -3.09. The van der Waals surface area contributed by atoms with E-state index in [1.165, 1.54) is 30.3 Å². The van der Waals surface area contributed by atoms with Gasteiger partial charge in [-0.25, -0.2) is 8.42 Å². The molecule has 0 aliphatic carbocycles. The van der Waals surface area contributed by atoms with Gasteiger partial charge < -0.3 is 9.47 Å². The molecule has 0 radical (unpaired) electrons. The van der Waals surface area contributed by atoms with Crippen LogP contribution in [0.1, 0.15) is 10.4 Å². The van der Waals surface area contributed by atoms with Crippen molar-refractivity contribution in [2.24, 2.45) is 0 Å². The van der Waals surface area contributed by atoms with E-state index in [4.69, 9.17) is 9.47 Å². The maximum absolute atomic E-state index is 12.4. The van der Waals surface area contributed by atoms with Gasteiger partial charge in [0.25, 0.3) is 21.8 Å². The maximum Gasteiger partial charge on any atom is 0.283 e. The Morgan fingerprint density at radius 1 is 0.969 bits per heavy atom. The quantitative estimate of drug-likeness (QED) is 0.430. The molecule has 3 N–H and O–H groups in total. The summed E-state index contributed by atoms with van der Waals surface area (Å²) in [5.74, 6) is -0.160. The summed E-state index contributed by atoms with van der Waals surface area (Å²) < 4.78 is 39.1. The molecule has 1 aliphatic heterocycles. The maximum atomic E-state index is 12.4. The van der Waals surface area contributed by atoms with E-state index in [-0.39, 0.29) is 16.4 Å². The standard InChI is InChI=1S/C20H16BrN3O6S2/c21-17-9-10-18(31-17)32(27,28)24-13-7-5-12(6-8-13)19(25)22-23-20(26)16-11-29-14-3-1-2-4-15(14)30-16/h1-10,16,24H,11H2,(H,22,25)(H,23,26). The number of anilines is 1. The smallest absolute Gasteiger partial charge is 0.283 e. The van der Waals surface area contributed by atoms with Crippen molar-refractivity contribution in [1.82, 2.24) is 10.9 Å². The molecule has 0 spiro atoms. The van der Waals surface area contributed by atoms with Crippen molar-refractivity contribution in [3.05, 3.63) is 70.0 Å². The Kier molecular flexibility index (Phi) is 6.35. The van der Waals surface area contributed by atoms with Crippen LogP contribution in [-0.2, 0) is 14.8 Å². The second kappa shape index (κ2) is 9.18. The number of thiophene rings is 1. The van der Waals surface area contributed by atoms with Crippen LogP contribution in [0.25, 0.3) is 0 Å². The Morgan fingerprint density at radius 2 is 1.69 bits per heavy atom. The highest BCUT2D eigenvalue weighted by molar-refractivity contribution is 9.11. The molecule has 2 amide bonds. The van der Waals surface area contributed by atoms with Crippen molar-refractivity contribution in [3.63, 3.8) is 0 Å². The molecular formula is C20H16BrN3O6S2. The van der Waals surface area contributed by atoms with Crippen LogP contribution in [0, 0.1) is 0 Å².